The zero-order chi connectivity index (χ0) is 19.1. The van der Waals surface area contributed by atoms with Gasteiger partial charge in [-0.1, -0.05) is 0 Å². The largest absolute Gasteiger partial charge is 0.398 e. The van der Waals surface area contributed by atoms with Crippen LogP contribution in [-0.2, 0) is 12.8 Å². The first kappa shape index (κ1) is 17.1. The van der Waals surface area contributed by atoms with Crippen LogP contribution in [0.4, 0.5) is 15.8 Å². The van der Waals surface area contributed by atoms with Crippen LogP contribution in [-0.4, -0.2) is 16.1 Å². The van der Waals surface area contributed by atoms with Gasteiger partial charge < -0.3 is 11.1 Å². The molecule has 3 aromatic rings. The maximum atomic E-state index is 13.8. The van der Waals surface area contributed by atoms with Crippen molar-refractivity contribution in [3.63, 3.8) is 0 Å². The first-order valence-corrected chi connectivity index (χ1v) is 8.70. The molecule has 0 saturated heterocycles. The van der Waals surface area contributed by atoms with Crippen LogP contribution in [0.3, 0.4) is 0 Å². The molecule has 1 heterocycles. The second-order valence-electron chi connectivity index (χ2n) is 6.65. The zero-order valence-electron chi connectivity index (χ0n) is 14.5. The van der Waals surface area contributed by atoms with Gasteiger partial charge in [-0.05, 0) is 61.1 Å². The van der Waals surface area contributed by atoms with E-state index >= 15 is 0 Å². The van der Waals surface area contributed by atoms with E-state index in [0.717, 1.165) is 48.3 Å². The number of hydrogen-bond acceptors (Lipinski definition) is 5. The highest BCUT2D eigenvalue weighted by Crippen LogP contribution is 2.38. The predicted octanol–water partition coefficient (Wildman–Crippen LogP) is 4.41. The van der Waals surface area contributed by atoms with Crippen LogP contribution in [0.5, 0.6) is 0 Å². The number of nitro groups is 1. The molecular formula is C20H17FN4O2. The number of pyridine rings is 1. The highest BCUT2D eigenvalue weighted by atomic mass is 19.1. The molecule has 27 heavy (non-hydrogen) atoms. The number of fused-ring (bicyclic) bond motifs is 3. The fourth-order valence-electron chi connectivity index (χ4n) is 3.86. The van der Waals surface area contributed by atoms with Crippen LogP contribution in [0.1, 0.15) is 29.5 Å². The number of rotatable bonds is 3. The van der Waals surface area contributed by atoms with Crippen LogP contribution in [0, 0.1) is 21.3 Å². The van der Waals surface area contributed by atoms with Crippen LogP contribution < -0.4 is 5.73 Å². The summed E-state index contributed by atoms with van der Waals surface area (Å²) >= 11 is 0. The highest BCUT2D eigenvalue weighted by Gasteiger charge is 2.23. The summed E-state index contributed by atoms with van der Waals surface area (Å²) in [6.07, 6.45) is 4.86. The summed E-state index contributed by atoms with van der Waals surface area (Å²) in [6.45, 7) is 0. The summed E-state index contributed by atoms with van der Waals surface area (Å²) in [4.78, 5) is 15.1. The fraction of sp³-hybridized carbons (Fsp3) is 0.200. The standard InChI is InChI=1S/C20H17FN4O2/c21-15-6-5-11(9-18(15)25(26)27)20-13-4-2-1-3-12(13)19-14(10-22)16(23)7-8-17(19)24-20/h5-10,22H,1-4,23H2. The molecule has 0 radical (unpaired) electrons. The van der Waals surface area contributed by atoms with E-state index in [-0.39, 0.29) is 0 Å². The number of aromatic nitrogens is 1. The van der Waals surface area contributed by atoms with Gasteiger partial charge in [0.1, 0.15) is 0 Å². The summed E-state index contributed by atoms with van der Waals surface area (Å²) in [5, 5.41) is 19.8. The van der Waals surface area contributed by atoms with Crippen molar-refractivity contribution in [2.75, 3.05) is 5.73 Å². The third kappa shape index (κ3) is 2.71. The Labute approximate surface area is 154 Å². The van der Waals surface area contributed by atoms with Crippen molar-refractivity contribution >= 4 is 28.5 Å². The Morgan fingerprint density at radius 3 is 2.63 bits per heavy atom. The molecule has 0 atom stereocenters. The number of nitrogen functional groups attached to an aromatic ring is 1. The highest BCUT2D eigenvalue weighted by molar-refractivity contribution is 6.05. The monoisotopic (exact) mass is 364 g/mol. The molecule has 0 bridgehead atoms. The van der Waals surface area contributed by atoms with Crippen LogP contribution in [0.25, 0.3) is 22.2 Å². The molecule has 7 heteroatoms. The van der Waals surface area contributed by atoms with E-state index in [1.54, 1.807) is 12.1 Å². The molecule has 1 aliphatic rings. The van der Waals surface area contributed by atoms with E-state index in [0.29, 0.717) is 28.0 Å². The quantitative estimate of drug-likeness (QED) is 0.311. The number of halogens is 1. The molecule has 0 amide bonds. The number of hydrogen-bond donors (Lipinski definition) is 2. The van der Waals surface area contributed by atoms with Crippen molar-refractivity contribution in [3.8, 4) is 11.3 Å². The van der Waals surface area contributed by atoms with E-state index < -0.39 is 16.4 Å². The van der Waals surface area contributed by atoms with Crippen molar-refractivity contribution in [1.82, 2.24) is 4.98 Å². The molecule has 6 nitrogen and oxygen atoms in total. The lowest BCUT2D eigenvalue weighted by atomic mass is 9.85. The topological polar surface area (TPSA) is 106 Å². The average molecular weight is 364 g/mol. The number of benzene rings is 2. The van der Waals surface area contributed by atoms with Crippen molar-refractivity contribution in [2.24, 2.45) is 0 Å². The zero-order valence-corrected chi connectivity index (χ0v) is 14.5. The normalized spacial score (nSPS) is 13.4. The summed E-state index contributed by atoms with van der Waals surface area (Å²) in [5.74, 6) is -0.864. The minimum atomic E-state index is -0.864. The number of aryl methyl sites for hydroxylation is 1. The van der Waals surface area contributed by atoms with Crippen LogP contribution >= 0.6 is 0 Å². The Balaban J connectivity index is 2.06. The number of nitrogens with zero attached hydrogens (tertiary/aromatic N) is 2. The Morgan fingerprint density at radius 1 is 1.19 bits per heavy atom. The van der Waals surface area contributed by atoms with Gasteiger partial charge in [-0.25, -0.2) is 4.98 Å². The summed E-state index contributed by atoms with van der Waals surface area (Å²) in [6, 6.07) is 7.39. The Morgan fingerprint density at radius 2 is 1.93 bits per heavy atom. The van der Waals surface area contributed by atoms with Crippen LogP contribution in [0.15, 0.2) is 30.3 Å². The Bertz CT molecular complexity index is 1110. The Hall–Kier alpha value is -3.35. The van der Waals surface area contributed by atoms with Gasteiger partial charge in [-0.15, -0.1) is 0 Å². The first-order chi connectivity index (χ1) is 13.0. The van der Waals surface area contributed by atoms with Gasteiger partial charge in [-0.2, -0.15) is 4.39 Å². The summed E-state index contributed by atoms with van der Waals surface area (Å²) in [7, 11) is 0. The number of nitro benzene ring substituents is 1. The van der Waals surface area contributed by atoms with Gasteiger partial charge in [0.05, 0.1) is 16.1 Å². The Kier molecular flexibility index (Phi) is 4.07. The van der Waals surface area contributed by atoms with E-state index in [1.807, 2.05) is 0 Å². The molecule has 0 aliphatic heterocycles. The number of nitrogens with two attached hydrogens (primary N) is 1. The van der Waals surface area contributed by atoms with Gasteiger partial charge in [0.25, 0.3) is 0 Å². The molecule has 1 aromatic heterocycles. The molecule has 4 rings (SSSR count). The van der Waals surface area contributed by atoms with Gasteiger partial charge in [-0.3, -0.25) is 10.1 Å². The molecule has 136 valence electrons. The summed E-state index contributed by atoms with van der Waals surface area (Å²) in [5.41, 5.74) is 10.6. The smallest absolute Gasteiger partial charge is 0.305 e. The number of nitrogens with one attached hydrogen (secondary N) is 1. The van der Waals surface area contributed by atoms with E-state index in [4.69, 9.17) is 16.1 Å². The molecule has 0 fully saturated rings. The third-order valence-corrected chi connectivity index (χ3v) is 5.11. The van der Waals surface area contributed by atoms with Crippen molar-refractivity contribution in [1.29, 1.82) is 5.41 Å². The van der Waals surface area contributed by atoms with Gasteiger partial charge in [0, 0.05) is 34.5 Å². The fourth-order valence-corrected chi connectivity index (χ4v) is 3.86. The molecule has 2 aromatic carbocycles. The maximum Gasteiger partial charge on any atom is 0.305 e. The first-order valence-electron chi connectivity index (χ1n) is 8.70. The SMILES string of the molecule is N=Cc1c(N)ccc2nc(-c3ccc(F)c([N+](=O)[O-])c3)c3c(c12)CCCC3. The lowest BCUT2D eigenvalue weighted by Crippen LogP contribution is -2.10. The van der Waals surface area contributed by atoms with Gasteiger partial charge >= 0.3 is 5.69 Å². The molecule has 0 spiro atoms. The molecule has 0 unspecified atom stereocenters. The second kappa shape index (κ2) is 6.42. The van der Waals surface area contributed by atoms with Gasteiger partial charge in [0.15, 0.2) is 0 Å². The van der Waals surface area contributed by atoms with Crippen molar-refractivity contribution in [3.05, 3.63) is 63.0 Å². The molecule has 0 saturated carbocycles. The third-order valence-electron chi connectivity index (χ3n) is 5.11. The summed E-state index contributed by atoms with van der Waals surface area (Å²) < 4.78 is 13.8. The lowest BCUT2D eigenvalue weighted by molar-refractivity contribution is -0.387. The molecule has 1 aliphatic carbocycles. The van der Waals surface area contributed by atoms with E-state index in [2.05, 4.69) is 0 Å². The van der Waals surface area contributed by atoms with Crippen LogP contribution in [0.2, 0.25) is 0 Å². The number of anilines is 1. The van der Waals surface area contributed by atoms with Crippen molar-refractivity contribution < 1.29 is 9.31 Å². The molecule has 3 N–H and O–H groups in total. The van der Waals surface area contributed by atoms with E-state index in [1.165, 1.54) is 18.3 Å². The predicted molar refractivity (Wildman–Crippen MR) is 103 cm³/mol. The van der Waals surface area contributed by atoms with E-state index in [9.17, 15) is 14.5 Å². The minimum Gasteiger partial charge on any atom is -0.398 e. The second-order valence-corrected chi connectivity index (χ2v) is 6.65. The minimum absolute atomic E-state index is 0.524. The van der Waals surface area contributed by atoms with Crippen molar-refractivity contribution in [2.45, 2.75) is 25.7 Å². The average Bonchev–Trinajstić information content (AvgIpc) is 2.67. The van der Waals surface area contributed by atoms with Gasteiger partial charge in [0.2, 0.25) is 5.82 Å². The lowest BCUT2D eigenvalue weighted by Gasteiger charge is -2.22. The maximum absolute atomic E-state index is 13.8. The molecular weight excluding hydrogens is 347 g/mol.